The molecule has 0 unspecified atom stereocenters. The number of rotatable bonds is 1. The number of H-pyrrole nitrogens is 1. The highest BCUT2D eigenvalue weighted by Crippen LogP contribution is 2.29. The van der Waals surface area contributed by atoms with E-state index in [1.54, 1.807) is 0 Å². The van der Waals surface area contributed by atoms with Crippen LogP contribution in [0.3, 0.4) is 0 Å². The molecule has 2 nitrogen and oxygen atoms in total. The lowest BCUT2D eigenvalue weighted by Gasteiger charge is -2.04. The maximum atomic E-state index is 4.35. The monoisotopic (exact) mass is 244 g/mol. The van der Waals surface area contributed by atoms with Crippen LogP contribution in [0.25, 0.3) is 33.1 Å². The largest absolute Gasteiger partial charge is 0.339 e. The minimum absolute atomic E-state index is 0.936. The molecule has 2 heterocycles. The van der Waals surface area contributed by atoms with Crippen molar-refractivity contribution in [3.8, 4) is 11.3 Å². The molecule has 0 amide bonds. The summed E-state index contributed by atoms with van der Waals surface area (Å²) < 4.78 is 0. The van der Waals surface area contributed by atoms with Gasteiger partial charge in [-0.2, -0.15) is 0 Å². The van der Waals surface area contributed by atoms with Crippen LogP contribution in [0, 0.1) is 0 Å². The third-order valence-corrected chi connectivity index (χ3v) is 3.47. The van der Waals surface area contributed by atoms with Crippen LogP contribution in [0.1, 0.15) is 0 Å². The Hall–Kier alpha value is -2.61. The van der Waals surface area contributed by atoms with Gasteiger partial charge in [-0.15, -0.1) is 0 Å². The number of aromatic nitrogens is 2. The lowest BCUT2D eigenvalue weighted by molar-refractivity contribution is 1.33. The molecule has 2 aromatic heterocycles. The first-order valence-electron chi connectivity index (χ1n) is 6.34. The zero-order valence-corrected chi connectivity index (χ0v) is 10.3. The van der Waals surface area contributed by atoms with E-state index >= 15 is 0 Å². The average molecular weight is 244 g/mol. The Bertz CT molecular complexity index is 836. The van der Waals surface area contributed by atoms with Crippen molar-refractivity contribution in [2.24, 2.45) is 0 Å². The number of nitrogens with one attached hydrogen (secondary N) is 1. The van der Waals surface area contributed by atoms with Crippen molar-refractivity contribution in [3.05, 3.63) is 66.9 Å². The van der Waals surface area contributed by atoms with E-state index in [2.05, 4.69) is 64.6 Å². The molecule has 0 spiro atoms. The highest BCUT2D eigenvalue weighted by molar-refractivity contribution is 5.98. The van der Waals surface area contributed by atoms with E-state index in [1.165, 1.54) is 16.3 Å². The SMILES string of the molecule is c1cnc2[nH]c(-c3cccc4ccccc34)cc2c1. The van der Waals surface area contributed by atoms with E-state index in [-0.39, 0.29) is 0 Å². The molecular weight excluding hydrogens is 232 g/mol. The second-order valence-electron chi connectivity index (χ2n) is 4.65. The predicted octanol–water partition coefficient (Wildman–Crippen LogP) is 4.38. The van der Waals surface area contributed by atoms with E-state index in [9.17, 15) is 0 Å². The Morgan fingerprint density at radius 3 is 2.58 bits per heavy atom. The van der Waals surface area contributed by atoms with Crippen LogP contribution in [-0.2, 0) is 0 Å². The van der Waals surface area contributed by atoms with Gasteiger partial charge in [-0.1, -0.05) is 42.5 Å². The molecule has 0 fully saturated rings. The topological polar surface area (TPSA) is 28.7 Å². The number of hydrogen-bond acceptors (Lipinski definition) is 1. The molecule has 1 N–H and O–H groups in total. The molecule has 2 aromatic carbocycles. The standard InChI is InChI=1S/C17H12N2/c1-2-8-14-12(5-1)6-3-9-15(14)16-11-13-7-4-10-18-17(13)19-16/h1-11H,(H,18,19). The summed E-state index contributed by atoms with van der Waals surface area (Å²) in [6.07, 6.45) is 1.81. The minimum Gasteiger partial charge on any atom is -0.339 e. The highest BCUT2D eigenvalue weighted by Gasteiger charge is 2.06. The van der Waals surface area contributed by atoms with Crippen LogP contribution in [-0.4, -0.2) is 9.97 Å². The molecule has 2 heteroatoms. The second kappa shape index (κ2) is 3.95. The maximum Gasteiger partial charge on any atom is 0.137 e. The minimum atomic E-state index is 0.936. The molecule has 0 saturated heterocycles. The first-order chi connectivity index (χ1) is 9.42. The number of benzene rings is 2. The van der Waals surface area contributed by atoms with Crippen molar-refractivity contribution < 1.29 is 0 Å². The fraction of sp³-hybridized carbons (Fsp3) is 0. The van der Waals surface area contributed by atoms with Crippen LogP contribution in [0.15, 0.2) is 66.9 Å². The first kappa shape index (κ1) is 10.3. The van der Waals surface area contributed by atoms with E-state index in [0.29, 0.717) is 0 Å². The van der Waals surface area contributed by atoms with Crippen molar-refractivity contribution in [1.82, 2.24) is 9.97 Å². The molecule has 90 valence electrons. The predicted molar refractivity (Wildman–Crippen MR) is 79.0 cm³/mol. The van der Waals surface area contributed by atoms with E-state index in [1.807, 2.05) is 12.3 Å². The molecule has 0 radical (unpaired) electrons. The Balaban J connectivity index is 2.03. The summed E-state index contributed by atoms with van der Waals surface area (Å²) >= 11 is 0. The number of pyridine rings is 1. The molecule has 0 aliphatic carbocycles. The lowest BCUT2D eigenvalue weighted by Crippen LogP contribution is -1.81. The third kappa shape index (κ3) is 1.61. The fourth-order valence-electron chi connectivity index (χ4n) is 2.56. The van der Waals surface area contributed by atoms with Crippen molar-refractivity contribution in [2.75, 3.05) is 0 Å². The molecule has 0 aliphatic rings. The Labute approximate surface area is 110 Å². The summed E-state index contributed by atoms with van der Waals surface area (Å²) in [5, 5.41) is 3.66. The van der Waals surface area contributed by atoms with Crippen LogP contribution in [0.4, 0.5) is 0 Å². The van der Waals surface area contributed by atoms with Gasteiger partial charge in [-0.3, -0.25) is 0 Å². The van der Waals surface area contributed by atoms with Gasteiger partial charge in [0.15, 0.2) is 0 Å². The highest BCUT2D eigenvalue weighted by atomic mass is 14.8. The summed E-state index contributed by atoms with van der Waals surface area (Å²) in [4.78, 5) is 7.74. The van der Waals surface area contributed by atoms with Crippen molar-refractivity contribution in [1.29, 1.82) is 0 Å². The zero-order chi connectivity index (χ0) is 12.7. The number of nitrogens with zero attached hydrogens (tertiary/aromatic N) is 1. The lowest BCUT2D eigenvalue weighted by atomic mass is 10.0. The summed E-state index contributed by atoms with van der Waals surface area (Å²) in [6.45, 7) is 0. The van der Waals surface area contributed by atoms with Crippen LogP contribution < -0.4 is 0 Å². The van der Waals surface area contributed by atoms with Gasteiger partial charge in [0.2, 0.25) is 0 Å². The summed E-state index contributed by atoms with van der Waals surface area (Å²) in [5.74, 6) is 0. The molecule has 0 saturated carbocycles. The van der Waals surface area contributed by atoms with Gasteiger partial charge in [0.05, 0.1) is 0 Å². The normalized spacial score (nSPS) is 11.2. The maximum absolute atomic E-state index is 4.35. The molecule has 0 bridgehead atoms. The number of fused-ring (bicyclic) bond motifs is 2. The third-order valence-electron chi connectivity index (χ3n) is 3.47. The van der Waals surface area contributed by atoms with Gasteiger partial charge in [0, 0.05) is 22.8 Å². The number of aromatic amines is 1. The van der Waals surface area contributed by atoms with Crippen LogP contribution in [0.2, 0.25) is 0 Å². The van der Waals surface area contributed by atoms with Crippen molar-refractivity contribution >= 4 is 21.8 Å². The molecule has 4 aromatic rings. The second-order valence-corrected chi connectivity index (χ2v) is 4.65. The molecule has 0 aliphatic heterocycles. The van der Waals surface area contributed by atoms with Crippen molar-refractivity contribution in [3.63, 3.8) is 0 Å². The molecule has 4 rings (SSSR count). The quantitative estimate of drug-likeness (QED) is 0.528. The Morgan fingerprint density at radius 2 is 1.63 bits per heavy atom. The smallest absolute Gasteiger partial charge is 0.137 e. The van der Waals surface area contributed by atoms with Gasteiger partial charge < -0.3 is 4.98 Å². The molecule has 0 atom stereocenters. The van der Waals surface area contributed by atoms with Gasteiger partial charge in [0.25, 0.3) is 0 Å². The van der Waals surface area contributed by atoms with Gasteiger partial charge in [0.1, 0.15) is 5.65 Å². The average Bonchev–Trinajstić information content (AvgIpc) is 2.90. The van der Waals surface area contributed by atoms with Crippen LogP contribution >= 0.6 is 0 Å². The first-order valence-corrected chi connectivity index (χ1v) is 6.34. The fourth-order valence-corrected chi connectivity index (χ4v) is 2.56. The summed E-state index contributed by atoms with van der Waals surface area (Å²) in [5.41, 5.74) is 3.27. The summed E-state index contributed by atoms with van der Waals surface area (Å²) in [7, 11) is 0. The Kier molecular flexibility index (Phi) is 2.15. The van der Waals surface area contributed by atoms with Crippen molar-refractivity contribution in [2.45, 2.75) is 0 Å². The van der Waals surface area contributed by atoms with E-state index in [4.69, 9.17) is 0 Å². The number of hydrogen-bond donors (Lipinski definition) is 1. The van der Waals surface area contributed by atoms with E-state index in [0.717, 1.165) is 16.7 Å². The van der Waals surface area contributed by atoms with E-state index < -0.39 is 0 Å². The van der Waals surface area contributed by atoms with Gasteiger partial charge in [-0.25, -0.2) is 4.98 Å². The Morgan fingerprint density at radius 1 is 0.789 bits per heavy atom. The molecular formula is C17H12N2. The van der Waals surface area contributed by atoms with Crippen LogP contribution in [0.5, 0.6) is 0 Å². The molecule has 19 heavy (non-hydrogen) atoms. The zero-order valence-electron chi connectivity index (χ0n) is 10.3. The van der Waals surface area contributed by atoms with Gasteiger partial charge >= 0.3 is 0 Å². The van der Waals surface area contributed by atoms with Gasteiger partial charge in [-0.05, 0) is 29.0 Å². The summed E-state index contributed by atoms with van der Waals surface area (Å²) in [6, 6.07) is 21.0.